The van der Waals surface area contributed by atoms with E-state index in [2.05, 4.69) is 5.32 Å². The quantitative estimate of drug-likeness (QED) is 0.640. The van der Waals surface area contributed by atoms with E-state index in [0.717, 1.165) is 4.90 Å². The first-order chi connectivity index (χ1) is 12.5. The molecule has 0 radical (unpaired) electrons. The third-order valence-electron chi connectivity index (χ3n) is 3.79. The average molecular weight is 391 g/mol. The molecule has 0 spiro atoms. The van der Waals surface area contributed by atoms with E-state index in [4.69, 9.17) is 16.3 Å². The number of halogens is 1. The Bertz CT molecular complexity index is 887. The summed E-state index contributed by atoms with van der Waals surface area (Å²) in [7, 11) is 0. The highest BCUT2D eigenvalue weighted by Gasteiger charge is 2.27. The lowest BCUT2D eigenvalue weighted by Crippen LogP contribution is -2.44. The fraction of sp³-hybridized carbons (Fsp3) is 0.167. The maximum Gasteiger partial charge on any atom is 0.340 e. The molecule has 26 heavy (non-hydrogen) atoms. The van der Waals surface area contributed by atoms with Gasteiger partial charge in [0.25, 0.3) is 5.91 Å². The van der Waals surface area contributed by atoms with Crippen LogP contribution in [0.5, 0.6) is 0 Å². The van der Waals surface area contributed by atoms with Crippen molar-refractivity contribution in [1.29, 1.82) is 0 Å². The molecule has 0 aromatic heterocycles. The summed E-state index contributed by atoms with van der Waals surface area (Å²) in [4.78, 5) is 38.7. The first-order valence-electron chi connectivity index (χ1n) is 7.69. The zero-order valence-electron chi connectivity index (χ0n) is 13.8. The standard InChI is InChI=1S/C18H15ClN2O4S/c1-26-11-6-7-13(19)12(8-11)18(24)25-10-17(23)21-9-16(22)20-14-4-2-3-5-15(14)21/h2-8H,9-10H2,1H3,(H,20,22). The van der Waals surface area contributed by atoms with Crippen molar-refractivity contribution in [2.24, 2.45) is 0 Å². The summed E-state index contributed by atoms with van der Waals surface area (Å²) < 4.78 is 5.12. The molecule has 0 unspecified atom stereocenters. The predicted molar refractivity (Wildman–Crippen MR) is 101 cm³/mol. The highest BCUT2D eigenvalue weighted by atomic mass is 35.5. The summed E-state index contributed by atoms with van der Waals surface area (Å²) in [5.74, 6) is -1.48. The van der Waals surface area contributed by atoms with Crippen molar-refractivity contribution >= 4 is 52.5 Å². The van der Waals surface area contributed by atoms with Gasteiger partial charge in [-0.1, -0.05) is 23.7 Å². The Morgan fingerprint density at radius 2 is 2.04 bits per heavy atom. The van der Waals surface area contributed by atoms with Gasteiger partial charge in [0.2, 0.25) is 5.91 Å². The fourth-order valence-electron chi connectivity index (χ4n) is 2.53. The number of ether oxygens (including phenoxy) is 1. The number of para-hydroxylation sites is 2. The van der Waals surface area contributed by atoms with Gasteiger partial charge in [-0.3, -0.25) is 14.5 Å². The molecule has 1 heterocycles. The molecule has 0 aliphatic carbocycles. The van der Waals surface area contributed by atoms with E-state index in [-0.39, 0.29) is 23.0 Å². The number of nitrogens with one attached hydrogen (secondary N) is 1. The molecule has 134 valence electrons. The summed E-state index contributed by atoms with van der Waals surface area (Å²) >= 11 is 7.50. The van der Waals surface area contributed by atoms with E-state index in [1.165, 1.54) is 16.7 Å². The molecule has 1 N–H and O–H groups in total. The first kappa shape index (κ1) is 18.3. The van der Waals surface area contributed by atoms with Crippen molar-refractivity contribution in [2.75, 3.05) is 29.6 Å². The van der Waals surface area contributed by atoms with Crippen molar-refractivity contribution in [1.82, 2.24) is 0 Å². The number of nitrogens with zero attached hydrogens (tertiary/aromatic N) is 1. The molecular formula is C18H15ClN2O4S. The number of amides is 2. The van der Waals surface area contributed by atoms with Crippen molar-refractivity contribution in [2.45, 2.75) is 4.90 Å². The van der Waals surface area contributed by atoms with E-state index in [1.54, 1.807) is 42.5 Å². The molecule has 8 heteroatoms. The molecule has 0 bridgehead atoms. The van der Waals surface area contributed by atoms with Gasteiger partial charge in [0.1, 0.15) is 6.54 Å². The average Bonchev–Trinajstić information content (AvgIpc) is 2.65. The SMILES string of the molecule is CSc1ccc(Cl)c(C(=O)OCC(=O)N2CC(=O)Nc3ccccc32)c1. The molecule has 0 saturated carbocycles. The number of carbonyl (C=O) groups excluding carboxylic acids is 3. The topological polar surface area (TPSA) is 75.7 Å². The highest BCUT2D eigenvalue weighted by molar-refractivity contribution is 7.98. The van der Waals surface area contributed by atoms with Crippen molar-refractivity contribution in [3.63, 3.8) is 0 Å². The monoisotopic (exact) mass is 390 g/mol. The number of carbonyl (C=O) groups is 3. The van der Waals surface area contributed by atoms with Crippen LogP contribution >= 0.6 is 23.4 Å². The molecule has 2 aromatic rings. The third-order valence-corrected chi connectivity index (χ3v) is 4.85. The minimum atomic E-state index is -0.686. The zero-order chi connectivity index (χ0) is 18.7. The normalized spacial score (nSPS) is 13.0. The maximum atomic E-state index is 12.5. The second kappa shape index (κ2) is 7.80. The van der Waals surface area contributed by atoms with E-state index in [1.807, 2.05) is 6.26 Å². The van der Waals surface area contributed by atoms with E-state index < -0.39 is 18.5 Å². The lowest BCUT2D eigenvalue weighted by atomic mass is 10.2. The first-order valence-corrected chi connectivity index (χ1v) is 9.30. The molecule has 2 aromatic carbocycles. The molecule has 0 atom stereocenters. The smallest absolute Gasteiger partial charge is 0.340 e. The van der Waals surface area contributed by atoms with Gasteiger partial charge in [0, 0.05) is 4.90 Å². The van der Waals surface area contributed by atoms with Gasteiger partial charge < -0.3 is 10.1 Å². The van der Waals surface area contributed by atoms with Crippen LogP contribution in [-0.2, 0) is 14.3 Å². The van der Waals surface area contributed by atoms with Crippen LogP contribution in [0, 0.1) is 0 Å². The second-order valence-corrected chi connectivity index (χ2v) is 6.75. The summed E-state index contributed by atoms with van der Waals surface area (Å²) in [5, 5.41) is 2.95. The van der Waals surface area contributed by atoms with E-state index >= 15 is 0 Å². The lowest BCUT2D eigenvalue weighted by Gasteiger charge is -2.28. The largest absolute Gasteiger partial charge is 0.452 e. The van der Waals surface area contributed by atoms with E-state index in [9.17, 15) is 14.4 Å². The Balaban J connectivity index is 1.71. The van der Waals surface area contributed by atoms with Gasteiger partial charge >= 0.3 is 5.97 Å². The van der Waals surface area contributed by atoms with E-state index in [0.29, 0.717) is 11.4 Å². The zero-order valence-corrected chi connectivity index (χ0v) is 15.4. The second-order valence-electron chi connectivity index (χ2n) is 5.47. The molecule has 1 aliphatic rings. The van der Waals surface area contributed by atoms with Gasteiger partial charge in [-0.15, -0.1) is 11.8 Å². The Kier molecular flexibility index (Phi) is 5.49. The van der Waals surface area contributed by atoms with Gasteiger partial charge in [0.05, 0.1) is 22.0 Å². The van der Waals surface area contributed by atoms with Crippen LogP contribution in [0.2, 0.25) is 5.02 Å². The van der Waals surface area contributed by atoms with Gasteiger partial charge in [-0.2, -0.15) is 0 Å². The molecular weight excluding hydrogens is 376 g/mol. The van der Waals surface area contributed by atoms with Crippen LogP contribution in [0.3, 0.4) is 0 Å². The van der Waals surface area contributed by atoms with Gasteiger partial charge in [-0.25, -0.2) is 4.79 Å². The fourth-order valence-corrected chi connectivity index (χ4v) is 3.16. The number of thioether (sulfide) groups is 1. The highest BCUT2D eigenvalue weighted by Crippen LogP contribution is 2.29. The number of hydrogen-bond donors (Lipinski definition) is 1. The minimum Gasteiger partial charge on any atom is -0.452 e. The summed E-state index contributed by atoms with van der Waals surface area (Å²) in [5.41, 5.74) is 1.30. The molecule has 0 fully saturated rings. The van der Waals surface area contributed by atoms with Crippen LogP contribution in [0.25, 0.3) is 0 Å². The number of esters is 1. The van der Waals surface area contributed by atoms with Crippen molar-refractivity contribution < 1.29 is 19.1 Å². The summed E-state index contributed by atoms with van der Waals surface area (Å²) in [6, 6.07) is 11.9. The number of rotatable bonds is 4. The molecule has 0 saturated heterocycles. The molecule has 6 nitrogen and oxygen atoms in total. The third kappa shape index (κ3) is 3.84. The Hall–Kier alpha value is -2.51. The molecule has 3 rings (SSSR count). The van der Waals surface area contributed by atoms with Crippen LogP contribution in [0.4, 0.5) is 11.4 Å². The minimum absolute atomic E-state index is 0.129. The van der Waals surface area contributed by atoms with Crippen LogP contribution in [0.1, 0.15) is 10.4 Å². The Labute approximate surface area is 159 Å². The number of hydrogen-bond acceptors (Lipinski definition) is 5. The van der Waals surface area contributed by atoms with Crippen LogP contribution in [0.15, 0.2) is 47.4 Å². The Morgan fingerprint density at radius 1 is 1.27 bits per heavy atom. The predicted octanol–water partition coefficient (Wildman–Crippen LogP) is 3.20. The number of anilines is 2. The van der Waals surface area contributed by atoms with Crippen LogP contribution < -0.4 is 10.2 Å². The van der Waals surface area contributed by atoms with Crippen molar-refractivity contribution in [3.8, 4) is 0 Å². The van der Waals surface area contributed by atoms with Gasteiger partial charge in [0.15, 0.2) is 6.61 Å². The number of fused-ring (bicyclic) bond motifs is 1. The maximum absolute atomic E-state index is 12.5. The summed E-state index contributed by atoms with van der Waals surface area (Å²) in [6.07, 6.45) is 1.88. The van der Waals surface area contributed by atoms with Gasteiger partial charge in [-0.05, 0) is 36.6 Å². The Morgan fingerprint density at radius 3 is 2.81 bits per heavy atom. The molecule has 1 aliphatic heterocycles. The number of benzene rings is 2. The lowest BCUT2D eigenvalue weighted by molar-refractivity contribution is -0.124. The van der Waals surface area contributed by atoms with Crippen LogP contribution in [-0.4, -0.2) is 37.2 Å². The van der Waals surface area contributed by atoms with Crippen molar-refractivity contribution in [3.05, 3.63) is 53.1 Å². The molecule has 2 amide bonds. The summed E-state index contributed by atoms with van der Waals surface area (Å²) in [6.45, 7) is -0.615.